The number of hydrogen-bond acceptors (Lipinski definition) is 4. The summed E-state index contributed by atoms with van der Waals surface area (Å²) in [6.45, 7) is 8.43. The molecule has 0 bridgehead atoms. The zero-order valence-corrected chi connectivity index (χ0v) is 8.83. The van der Waals surface area contributed by atoms with Crippen LogP contribution in [0.2, 0.25) is 0 Å². The Morgan fingerprint density at radius 3 is 2.29 bits per heavy atom. The van der Waals surface area contributed by atoms with Gasteiger partial charge in [0.1, 0.15) is 6.61 Å². The summed E-state index contributed by atoms with van der Waals surface area (Å²) in [5.74, 6) is -0.871. The van der Waals surface area contributed by atoms with Gasteiger partial charge in [0.25, 0.3) is 0 Å². The fraction of sp³-hybridized carbons (Fsp3) is 0.600. The first-order valence-corrected chi connectivity index (χ1v) is 4.30. The van der Waals surface area contributed by atoms with E-state index in [0.29, 0.717) is 0 Å². The maximum Gasteiger partial charge on any atom is 0.330 e. The van der Waals surface area contributed by atoms with Crippen LogP contribution >= 0.6 is 0 Å². The Balaban J connectivity index is 3.67. The van der Waals surface area contributed by atoms with Gasteiger partial charge in [0, 0.05) is 6.08 Å². The van der Waals surface area contributed by atoms with E-state index in [1.54, 1.807) is 0 Å². The molecule has 0 heterocycles. The van der Waals surface area contributed by atoms with E-state index < -0.39 is 5.97 Å². The van der Waals surface area contributed by atoms with Crippen molar-refractivity contribution >= 4 is 11.8 Å². The summed E-state index contributed by atoms with van der Waals surface area (Å²) in [5.41, 5.74) is -0.363. The highest BCUT2D eigenvalue weighted by atomic mass is 16.5. The number of esters is 1. The maximum atomic E-state index is 11.1. The van der Waals surface area contributed by atoms with Crippen molar-refractivity contribution in [2.45, 2.75) is 26.4 Å². The smallest absolute Gasteiger partial charge is 0.330 e. The van der Waals surface area contributed by atoms with Crippen LogP contribution in [-0.4, -0.2) is 30.6 Å². The molecule has 0 atom stereocenters. The normalized spacial score (nSPS) is 10.8. The van der Waals surface area contributed by atoms with Crippen molar-refractivity contribution < 1.29 is 19.1 Å². The molecule has 0 aliphatic heterocycles. The standard InChI is InChI=1S/C10H16O4/c1-5-9(12)13-6-8(11)7-14-10(2,3)4/h5H,1,6-7H2,2-4H3. The first-order valence-electron chi connectivity index (χ1n) is 4.30. The number of ketones is 1. The molecule has 0 aromatic rings. The Morgan fingerprint density at radius 2 is 1.86 bits per heavy atom. The van der Waals surface area contributed by atoms with E-state index in [-0.39, 0.29) is 24.6 Å². The van der Waals surface area contributed by atoms with Crippen LogP contribution < -0.4 is 0 Å². The largest absolute Gasteiger partial charge is 0.454 e. The molecule has 14 heavy (non-hydrogen) atoms. The fourth-order valence-electron chi connectivity index (χ4n) is 0.549. The third kappa shape index (κ3) is 7.49. The van der Waals surface area contributed by atoms with Gasteiger partial charge >= 0.3 is 5.97 Å². The molecular weight excluding hydrogens is 184 g/mol. The lowest BCUT2D eigenvalue weighted by atomic mass is 10.2. The Kier molecular flexibility index (Phi) is 5.09. The van der Waals surface area contributed by atoms with Crippen LogP contribution in [0.15, 0.2) is 12.7 Å². The monoisotopic (exact) mass is 200 g/mol. The highest BCUT2D eigenvalue weighted by Crippen LogP contribution is 2.05. The van der Waals surface area contributed by atoms with Crippen molar-refractivity contribution in [3.63, 3.8) is 0 Å². The molecule has 0 spiro atoms. The average Bonchev–Trinajstić information content (AvgIpc) is 2.09. The van der Waals surface area contributed by atoms with E-state index in [4.69, 9.17) is 4.74 Å². The summed E-state index contributed by atoms with van der Waals surface area (Å²) < 4.78 is 9.72. The zero-order valence-electron chi connectivity index (χ0n) is 8.83. The highest BCUT2D eigenvalue weighted by molar-refractivity contribution is 5.86. The molecule has 0 fully saturated rings. The SMILES string of the molecule is C=CC(=O)OCC(=O)COC(C)(C)C. The predicted molar refractivity (Wildman–Crippen MR) is 51.9 cm³/mol. The number of Topliss-reactive ketones (excluding diaryl/α,β-unsaturated/α-hetero) is 1. The van der Waals surface area contributed by atoms with E-state index >= 15 is 0 Å². The minimum absolute atomic E-state index is 0.0477. The van der Waals surface area contributed by atoms with Crippen molar-refractivity contribution in [3.05, 3.63) is 12.7 Å². The molecule has 4 heteroatoms. The van der Waals surface area contributed by atoms with E-state index in [1.807, 2.05) is 20.8 Å². The third-order valence-electron chi connectivity index (χ3n) is 1.21. The van der Waals surface area contributed by atoms with Crippen LogP contribution in [0, 0.1) is 0 Å². The van der Waals surface area contributed by atoms with Gasteiger partial charge in [0.15, 0.2) is 12.4 Å². The molecule has 4 nitrogen and oxygen atoms in total. The Bertz CT molecular complexity index is 225. The second-order valence-corrected chi connectivity index (χ2v) is 3.75. The van der Waals surface area contributed by atoms with E-state index in [2.05, 4.69) is 11.3 Å². The lowest BCUT2D eigenvalue weighted by molar-refractivity contribution is -0.146. The zero-order chi connectivity index (χ0) is 11.2. The Labute approximate surface area is 83.9 Å². The van der Waals surface area contributed by atoms with Crippen LogP contribution in [0.25, 0.3) is 0 Å². The molecule has 0 aromatic carbocycles. The van der Waals surface area contributed by atoms with Gasteiger partial charge < -0.3 is 9.47 Å². The average molecular weight is 200 g/mol. The molecule has 0 aliphatic rings. The van der Waals surface area contributed by atoms with Gasteiger partial charge in [-0.25, -0.2) is 4.79 Å². The summed E-state index contributed by atoms with van der Waals surface area (Å²) in [7, 11) is 0. The van der Waals surface area contributed by atoms with Gasteiger partial charge in [0.05, 0.1) is 5.60 Å². The molecule has 0 saturated heterocycles. The van der Waals surface area contributed by atoms with Crippen molar-refractivity contribution in [1.82, 2.24) is 0 Å². The quantitative estimate of drug-likeness (QED) is 0.492. The van der Waals surface area contributed by atoms with E-state index in [9.17, 15) is 9.59 Å². The fourth-order valence-corrected chi connectivity index (χ4v) is 0.549. The van der Waals surface area contributed by atoms with Crippen molar-refractivity contribution in [1.29, 1.82) is 0 Å². The van der Waals surface area contributed by atoms with Gasteiger partial charge in [-0.3, -0.25) is 4.79 Å². The molecular formula is C10H16O4. The lowest BCUT2D eigenvalue weighted by Gasteiger charge is -2.18. The summed E-state index contributed by atoms with van der Waals surface area (Å²) in [6.07, 6.45) is 1.01. The third-order valence-corrected chi connectivity index (χ3v) is 1.21. The molecule has 0 rings (SSSR count). The summed E-state index contributed by atoms with van der Waals surface area (Å²) in [4.78, 5) is 21.7. The lowest BCUT2D eigenvalue weighted by Crippen LogP contribution is -2.26. The van der Waals surface area contributed by atoms with E-state index in [1.165, 1.54) is 0 Å². The Hall–Kier alpha value is -1.16. The van der Waals surface area contributed by atoms with Gasteiger partial charge in [0.2, 0.25) is 0 Å². The van der Waals surface area contributed by atoms with Crippen LogP contribution in [0.4, 0.5) is 0 Å². The molecule has 80 valence electrons. The molecule has 0 aromatic heterocycles. The van der Waals surface area contributed by atoms with Crippen LogP contribution in [-0.2, 0) is 19.1 Å². The topological polar surface area (TPSA) is 52.6 Å². The minimum Gasteiger partial charge on any atom is -0.454 e. The number of rotatable bonds is 5. The number of ether oxygens (including phenoxy) is 2. The van der Waals surface area contributed by atoms with Gasteiger partial charge in [-0.1, -0.05) is 6.58 Å². The Morgan fingerprint density at radius 1 is 1.29 bits per heavy atom. The molecule has 0 amide bonds. The maximum absolute atomic E-state index is 11.1. The van der Waals surface area contributed by atoms with Gasteiger partial charge in [-0.2, -0.15) is 0 Å². The minimum atomic E-state index is -0.603. The summed E-state index contributed by atoms with van der Waals surface area (Å²) >= 11 is 0. The number of carbonyl (C=O) groups is 2. The van der Waals surface area contributed by atoms with E-state index in [0.717, 1.165) is 6.08 Å². The summed E-state index contributed by atoms with van der Waals surface area (Å²) in [5, 5.41) is 0. The van der Waals surface area contributed by atoms with Crippen LogP contribution in [0.1, 0.15) is 20.8 Å². The summed E-state index contributed by atoms with van der Waals surface area (Å²) in [6, 6.07) is 0. The molecule has 0 unspecified atom stereocenters. The van der Waals surface area contributed by atoms with Crippen LogP contribution in [0.3, 0.4) is 0 Å². The van der Waals surface area contributed by atoms with Gasteiger partial charge in [-0.15, -0.1) is 0 Å². The second-order valence-electron chi connectivity index (χ2n) is 3.75. The first-order chi connectivity index (χ1) is 6.35. The highest BCUT2D eigenvalue weighted by Gasteiger charge is 2.13. The molecule has 0 N–H and O–H groups in total. The molecule has 0 aliphatic carbocycles. The van der Waals surface area contributed by atoms with Crippen LogP contribution in [0.5, 0.6) is 0 Å². The first kappa shape index (κ1) is 12.8. The second kappa shape index (κ2) is 5.54. The van der Waals surface area contributed by atoms with Crippen molar-refractivity contribution in [3.8, 4) is 0 Å². The predicted octanol–water partition coefficient (Wildman–Crippen LogP) is 1.10. The molecule has 0 radical (unpaired) electrons. The number of carbonyl (C=O) groups excluding carboxylic acids is 2. The van der Waals surface area contributed by atoms with Crippen molar-refractivity contribution in [2.75, 3.05) is 13.2 Å². The van der Waals surface area contributed by atoms with Crippen molar-refractivity contribution in [2.24, 2.45) is 0 Å². The molecule has 0 saturated carbocycles. The van der Waals surface area contributed by atoms with Gasteiger partial charge in [-0.05, 0) is 20.8 Å². The number of hydrogen-bond donors (Lipinski definition) is 0.